The summed E-state index contributed by atoms with van der Waals surface area (Å²) in [6.07, 6.45) is 1.64. The third-order valence-electron chi connectivity index (χ3n) is 6.63. The Morgan fingerprint density at radius 3 is 2.02 bits per heavy atom. The molecule has 0 atom stereocenters. The van der Waals surface area contributed by atoms with Crippen molar-refractivity contribution in [3.63, 3.8) is 0 Å². The molecular weight excluding hydrogens is 522 g/mol. The van der Waals surface area contributed by atoms with Crippen molar-refractivity contribution in [2.24, 2.45) is 0 Å². The quantitative estimate of drug-likeness (QED) is 0.125. The molecule has 0 aliphatic rings. The Bertz CT molecular complexity index is 2020. The number of esters is 1. The number of ether oxygens (including phenoxy) is 1. The summed E-state index contributed by atoms with van der Waals surface area (Å²) in [7, 11) is 0. The van der Waals surface area contributed by atoms with Crippen LogP contribution in [-0.4, -0.2) is 20.6 Å². The Kier molecular flexibility index (Phi) is 7.06. The fourth-order valence-corrected chi connectivity index (χ4v) is 4.57. The van der Waals surface area contributed by atoms with Crippen LogP contribution in [0.15, 0.2) is 121 Å². The number of hydrogen-bond acceptors (Lipinski definition) is 6. The van der Waals surface area contributed by atoms with Crippen LogP contribution in [-0.2, 0) is 0 Å². The summed E-state index contributed by atoms with van der Waals surface area (Å²) in [5, 5.41) is 25.1. The van der Waals surface area contributed by atoms with Gasteiger partial charge in [-0.3, -0.25) is 0 Å². The molecule has 7 heteroatoms. The highest BCUT2D eigenvalue weighted by Gasteiger charge is 2.21. The zero-order chi connectivity index (χ0) is 28.9. The third-order valence-corrected chi connectivity index (χ3v) is 6.63. The van der Waals surface area contributed by atoms with Crippen molar-refractivity contribution in [1.29, 1.82) is 10.5 Å². The number of rotatable bonds is 6. The predicted molar refractivity (Wildman–Crippen MR) is 160 cm³/mol. The average molecular weight is 544 g/mol. The van der Waals surface area contributed by atoms with E-state index in [1.54, 1.807) is 59.1 Å². The third kappa shape index (κ3) is 5.14. The maximum absolute atomic E-state index is 12.4. The Hall–Kier alpha value is -6.31. The van der Waals surface area contributed by atoms with Gasteiger partial charge in [0.1, 0.15) is 29.1 Å². The number of aromatic nitrogens is 3. The van der Waals surface area contributed by atoms with Crippen LogP contribution in [0.1, 0.15) is 27.2 Å². The first kappa shape index (κ1) is 25.9. The summed E-state index contributed by atoms with van der Waals surface area (Å²) in [5.74, 6) is -0.0911. The highest BCUT2D eigenvalue weighted by atomic mass is 16.5. The maximum Gasteiger partial charge on any atom is 0.343 e. The van der Waals surface area contributed by atoms with Crippen LogP contribution >= 0.6 is 0 Å². The molecule has 42 heavy (non-hydrogen) atoms. The van der Waals surface area contributed by atoms with Crippen LogP contribution in [0.5, 0.6) is 5.75 Å². The molecule has 0 radical (unpaired) electrons. The largest absolute Gasteiger partial charge is 0.423 e. The van der Waals surface area contributed by atoms with Gasteiger partial charge in [-0.15, -0.1) is 0 Å². The van der Waals surface area contributed by atoms with Gasteiger partial charge in [0, 0.05) is 11.1 Å². The van der Waals surface area contributed by atoms with Crippen LogP contribution in [0.4, 0.5) is 0 Å². The lowest BCUT2D eigenvalue weighted by Crippen LogP contribution is -2.07. The van der Waals surface area contributed by atoms with E-state index >= 15 is 0 Å². The van der Waals surface area contributed by atoms with E-state index in [0.717, 1.165) is 16.8 Å². The maximum atomic E-state index is 12.4. The summed E-state index contributed by atoms with van der Waals surface area (Å²) < 4.78 is 7.08. The summed E-state index contributed by atoms with van der Waals surface area (Å²) in [6, 6.07) is 41.3. The van der Waals surface area contributed by atoms with Crippen LogP contribution in [0.25, 0.3) is 39.8 Å². The molecule has 0 amide bonds. The highest BCUT2D eigenvalue weighted by molar-refractivity contribution is 5.93. The van der Waals surface area contributed by atoms with Crippen LogP contribution in [0.2, 0.25) is 0 Å². The molecule has 0 fully saturated rings. The van der Waals surface area contributed by atoms with Crippen LogP contribution in [0, 0.1) is 22.7 Å². The molecule has 4 aromatic carbocycles. The lowest BCUT2D eigenvalue weighted by molar-refractivity contribution is 0.0734. The fourth-order valence-electron chi connectivity index (χ4n) is 4.57. The molecule has 7 nitrogen and oxygen atoms in total. The van der Waals surface area contributed by atoms with Gasteiger partial charge < -0.3 is 4.74 Å². The number of fused-ring (bicyclic) bond motifs is 1. The van der Waals surface area contributed by atoms with Gasteiger partial charge in [0.2, 0.25) is 0 Å². The van der Waals surface area contributed by atoms with Gasteiger partial charge in [-0.2, -0.15) is 15.6 Å². The molecule has 0 spiro atoms. The predicted octanol–water partition coefficient (Wildman–Crippen LogP) is 7.22. The molecule has 0 aliphatic heterocycles. The minimum absolute atomic E-state index is 0.200. The number of benzene rings is 4. The number of carbonyl (C=O) groups is 1. The Morgan fingerprint density at radius 2 is 1.40 bits per heavy atom. The second-order valence-electron chi connectivity index (χ2n) is 9.32. The van der Waals surface area contributed by atoms with E-state index in [0.29, 0.717) is 28.2 Å². The van der Waals surface area contributed by atoms with Crippen molar-refractivity contribution in [2.75, 3.05) is 0 Å². The molecule has 0 unspecified atom stereocenters. The number of allylic oxidation sites excluding steroid dienone is 1. The molecule has 0 saturated heterocycles. The standard InChI is InChI=1S/C35H21N5O2/c36-22-28(20-24-16-18-29(19-17-24)42-35(41)27-14-8-3-9-15-27)33-30(23-37)34-38-31(25-10-4-1-5-11-25)21-32(40(34)39-33)26-12-6-2-7-13-26/h1-21H. The van der Waals surface area contributed by atoms with E-state index in [4.69, 9.17) is 14.8 Å². The zero-order valence-electron chi connectivity index (χ0n) is 22.2. The van der Waals surface area contributed by atoms with Gasteiger partial charge in [-0.05, 0) is 42.0 Å². The average Bonchev–Trinajstić information content (AvgIpc) is 3.43. The number of nitrogens with zero attached hydrogens (tertiary/aromatic N) is 5. The molecule has 6 aromatic rings. The monoisotopic (exact) mass is 543 g/mol. The molecule has 2 aromatic heterocycles. The molecule has 0 aliphatic carbocycles. The van der Waals surface area contributed by atoms with Gasteiger partial charge in [-0.25, -0.2) is 14.3 Å². The lowest BCUT2D eigenvalue weighted by atomic mass is 10.1. The van der Waals surface area contributed by atoms with Gasteiger partial charge in [-0.1, -0.05) is 91.0 Å². The Balaban J connectivity index is 1.41. The SMILES string of the molecule is N#CC(=Cc1ccc(OC(=O)c2ccccc2)cc1)c1nn2c(-c3ccccc3)cc(-c3ccccc3)nc2c1C#N. The zero-order valence-corrected chi connectivity index (χ0v) is 22.2. The van der Waals surface area contributed by atoms with Crippen molar-refractivity contribution in [2.45, 2.75) is 0 Å². The minimum Gasteiger partial charge on any atom is -0.423 e. The Morgan fingerprint density at radius 1 is 0.786 bits per heavy atom. The van der Waals surface area contributed by atoms with Crippen molar-refractivity contribution in [3.8, 4) is 40.4 Å². The van der Waals surface area contributed by atoms with E-state index in [1.165, 1.54) is 0 Å². The van der Waals surface area contributed by atoms with Gasteiger partial charge in [0.05, 0.1) is 22.5 Å². The topological polar surface area (TPSA) is 104 Å². The number of carbonyl (C=O) groups excluding carboxylic acids is 1. The highest BCUT2D eigenvalue weighted by Crippen LogP contribution is 2.31. The van der Waals surface area contributed by atoms with E-state index in [1.807, 2.05) is 72.8 Å². The van der Waals surface area contributed by atoms with E-state index < -0.39 is 5.97 Å². The summed E-state index contributed by atoms with van der Waals surface area (Å²) in [6.45, 7) is 0. The summed E-state index contributed by atoms with van der Waals surface area (Å²) in [4.78, 5) is 17.2. The molecule has 6 rings (SSSR count). The molecular formula is C35H21N5O2. The van der Waals surface area contributed by atoms with Gasteiger partial charge in [0.25, 0.3) is 0 Å². The smallest absolute Gasteiger partial charge is 0.343 e. The molecule has 2 heterocycles. The molecule has 0 N–H and O–H groups in total. The van der Waals surface area contributed by atoms with Crippen molar-refractivity contribution in [3.05, 3.63) is 144 Å². The van der Waals surface area contributed by atoms with Crippen molar-refractivity contribution >= 4 is 23.3 Å². The summed E-state index contributed by atoms with van der Waals surface area (Å²) >= 11 is 0. The van der Waals surface area contributed by atoms with E-state index in [2.05, 4.69) is 12.1 Å². The van der Waals surface area contributed by atoms with E-state index in [-0.39, 0.29) is 16.8 Å². The van der Waals surface area contributed by atoms with Crippen molar-refractivity contribution < 1.29 is 9.53 Å². The first-order valence-electron chi connectivity index (χ1n) is 13.1. The fraction of sp³-hybridized carbons (Fsp3) is 0. The first-order chi connectivity index (χ1) is 20.6. The molecule has 198 valence electrons. The number of hydrogen-bond donors (Lipinski definition) is 0. The van der Waals surface area contributed by atoms with Crippen LogP contribution < -0.4 is 4.74 Å². The minimum atomic E-state index is -0.462. The summed E-state index contributed by atoms with van der Waals surface area (Å²) in [5.41, 5.74) is 5.33. The molecule has 0 saturated carbocycles. The Labute approximate surface area is 241 Å². The van der Waals surface area contributed by atoms with Gasteiger partial charge in [0.15, 0.2) is 5.65 Å². The van der Waals surface area contributed by atoms with Crippen molar-refractivity contribution in [1.82, 2.24) is 14.6 Å². The lowest BCUT2D eigenvalue weighted by Gasteiger charge is -2.08. The molecule has 0 bridgehead atoms. The second kappa shape index (κ2) is 11.4. The van der Waals surface area contributed by atoms with E-state index in [9.17, 15) is 15.3 Å². The second-order valence-corrected chi connectivity index (χ2v) is 9.32. The van der Waals surface area contributed by atoms with Crippen LogP contribution in [0.3, 0.4) is 0 Å². The van der Waals surface area contributed by atoms with Gasteiger partial charge >= 0.3 is 5.97 Å². The number of nitriles is 2. The first-order valence-corrected chi connectivity index (χ1v) is 13.1. The normalized spacial score (nSPS) is 11.0.